The molecule has 3 rings (SSSR count). The van der Waals surface area contributed by atoms with E-state index < -0.39 is 0 Å². The molecule has 0 spiro atoms. The van der Waals surface area contributed by atoms with Crippen LogP contribution in [-0.4, -0.2) is 16.1 Å². The molecule has 0 radical (unpaired) electrons. The van der Waals surface area contributed by atoms with E-state index in [-0.39, 0.29) is 0 Å². The van der Waals surface area contributed by atoms with E-state index in [2.05, 4.69) is 40.0 Å². The van der Waals surface area contributed by atoms with Crippen molar-refractivity contribution in [1.29, 1.82) is 0 Å². The van der Waals surface area contributed by atoms with Crippen molar-refractivity contribution in [2.24, 2.45) is 0 Å². The molecule has 3 aromatic rings. The Kier molecular flexibility index (Phi) is 4.31. The largest absolute Gasteiger partial charge is 0.486 e. The molecule has 4 nitrogen and oxygen atoms in total. The van der Waals surface area contributed by atoms with Crippen LogP contribution in [0.15, 0.2) is 42.5 Å². The highest BCUT2D eigenvalue weighted by atomic mass is 32.1. The molecule has 0 bridgehead atoms. The van der Waals surface area contributed by atoms with E-state index in [0.29, 0.717) is 6.61 Å². The van der Waals surface area contributed by atoms with Crippen molar-refractivity contribution in [1.82, 2.24) is 9.59 Å². The monoisotopic (exact) mass is 299 g/mol. The third-order valence-electron chi connectivity index (χ3n) is 3.21. The van der Waals surface area contributed by atoms with Crippen molar-refractivity contribution in [2.45, 2.75) is 20.0 Å². The van der Waals surface area contributed by atoms with Gasteiger partial charge in [0, 0.05) is 23.5 Å². The first-order valence-corrected chi connectivity index (χ1v) is 7.81. The summed E-state index contributed by atoms with van der Waals surface area (Å²) in [5.41, 5.74) is 0.862. The number of hydrogen-bond donors (Lipinski definition) is 1. The molecule has 0 aliphatic heterocycles. The number of hydrogen-bond acceptors (Lipinski definition) is 5. The molecule has 0 saturated carbocycles. The van der Waals surface area contributed by atoms with Gasteiger partial charge in [-0.25, -0.2) is 0 Å². The molecule has 0 aliphatic rings. The summed E-state index contributed by atoms with van der Waals surface area (Å²) in [6, 6.07) is 14.3. The number of fused-ring (bicyclic) bond motifs is 1. The predicted molar refractivity (Wildman–Crippen MR) is 87.0 cm³/mol. The Hall–Kier alpha value is -2.14. The van der Waals surface area contributed by atoms with Crippen molar-refractivity contribution in [2.75, 3.05) is 11.9 Å². The zero-order chi connectivity index (χ0) is 14.5. The molecule has 0 unspecified atom stereocenters. The number of nitrogens with one attached hydrogen (secondary N) is 1. The summed E-state index contributed by atoms with van der Waals surface area (Å²) in [5, 5.41) is 10.8. The summed E-state index contributed by atoms with van der Waals surface area (Å²) in [5.74, 6) is 0.877. The average Bonchev–Trinajstić information content (AvgIpc) is 2.98. The fourth-order valence-corrected chi connectivity index (χ4v) is 2.74. The van der Waals surface area contributed by atoms with Gasteiger partial charge in [0.2, 0.25) is 0 Å². The van der Waals surface area contributed by atoms with Crippen molar-refractivity contribution in [3.8, 4) is 5.75 Å². The Morgan fingerprint density at radius 2 is 2.00 bits per heavy atom. The van der Waals surface area contributed by atoms with E-state index in [9.17, 15) is 0 Å². The number of aromatic nitrogens is 2. The topological polar surface area (TPSA) is 47.0 Å². The van der Waals surface area contributed by atoms with Gasteiger partial charge in [-0.1, -0.05) is 47.8 Å². The van der Waals surface area contributed by atoms with Crippen LogP contribution in [0.2, 0.25) is 0 Å². The summed E-state index contributed by atoms with van der Waals surface area (Å²) in [7, 11) is 0. The molecule has 21 heavy (non-hydrogen) atoms. The predicted octanol–water partition coefficient (Wildman–Crippen LogP) is 4.09. The second kappa shape index (κ2) is 6.54. The molecule has 1 heterocycles. The van der Waals surface area contributed by atoms with Crippen LogP contribution in [-0.2, 0) is 6.61 Å². The lowest BCUT2D eigenvalue weighted by Crippen LogP contribution is -2.03. The van der Waals surface area contributed by atoms with Gasteiger partial charge in [0.15, 0.2) is 0 Å². The first-order chi connectivity index (χ1) is 10.4. The van der Waals surface area contributed by atoms with Gasteiger partial charge in [0.05, 0.1) is 0 Å². The summed E-state index contributed by atoms with van der Waals surface area (Å²) in [6.07, 6.45) is 1.07. The van der Waals surface area contributed by atoms with E-state index in [4.69, 9.17) is 4.74 Å². The smallest absolute Gasteiger partial charge is 0.136 e. The van der Waals surface area contributed by atoms with Crippen LogP contribution in [0, 0.1) is 0 Å². The molecule has 1 aromatic heterocycles. The van der Waals surface area contributed by atoms with Gasteiger partial charge in [0.25, 0.3) is 0 Å². The maximum atomic E-state index is 5.95. The van der Waals surface area contributed by atoms with E-state index in [1.807, 2.05) is 24.3 Å². The molecular weight excluding hydrogens is 282 g/mol. The minimum atomic E-state index is 0.427. The van der Waals surface area contributed by atoms with Crippen molar-refractivity contribution in [3.63, 3.8) is 0 Å². The molecule has 0 fully saturated rings. The van der Waals surface area contributed by atoms with Gasteiger partial charge >= 0.3 is 0 Å². The second-order valence-corrected chi connectivity index (χ2v) is 5.50. The first kappa shape index (κ1) is 13.8. The molecule has 0 atom stereocenters. The number of benzene rings is 2. The highest BCUT2D eigenvalue weighted by Crippen LogP contribution is 2.27. The van der Waals surface area contributed by atoms with Crippen molar-refractivity contribution >= 4 is 27.3 Å². The van der Waals surface area contributed by atoms with Crippen molar-refractivity contribution in [3.05, 3.63) is 48.2 Å². The third-order valence-corrected chi connectivity index (χ3v) is 3.93. The fourth-order valence-electron chi connectivity index (χ4n) is 2.14. The van der Waals surface area contributed by atoms with Gasteiger partial charge in [-0.2, -0.15) is 0 Å². The molecule has 0 amide bonds. The standard InChI is InChI=1S/C16H17N3OS/c1-2-10-17-16-14(18-19-21-16)11-20-15-9-5-7-12-6-3-4-8-13(12)15/h3-9,17H,2,10-11H2,1H3. The van der Waals surface area contributed by atoms with E-state index in [0.717, 1.165) is 34.8 Å². The van der Waals surface area contributed by atoms with E-state index in [1.54, 1.807) is 0 Å². The number of rotatable bonds is 6. The van der Waals surface area contributed by atoms with Crippen LogP contribution in [0.1, 0.15) is 19.0 Å². The van der Waals surface area contributed by atoms with Gasteiger partial charge in [-0.15, -0.1) is 5.10 Å². The summed E-state index contributed by atoms with van der Waals surface area (Å²) >= 11 is 1.38. The first-order valence-electron chi connectivity index (χ1n) is 7.04. The lowest BCUT2D eigenvalue weighted by atomic mass is 10.1. The summed E-state index contributed by atoms with van der Waals surface area (Å²) < 4.78 is 9.95. The van der Waals surface area contributed by atoms with Gasteiger partial charge in [-0.3, -0.25) is 0 Å². The lowest BCUT2D eigenvalue weighted by molar-refractivity contribution is 0.305. The fraction of sp³-hybridized carbons (Fsp3) is 0.250. The summed E-state index contributed by atoms with van der Waals surface area (Å²) in [4.78, 5) is 0. The molecule has 0 saturated heterocycles. The highest BCUT2D eigenvalue weighted by Gasteiger charge is 2.09. The van der Waals surface area contributed by atoms with Crippen LogP contribution in [0.25, 0.3) is 10.8 Å². The normalized spacial score (nSPS) is 10.7. The Labute approximate surface area is 127 Å². The van der Waals surface area contributed by atoms with Crippen molar-refractivity contribution < 1.29 is 4.74 Å². The molecular formula is C16H17N3OS. The zero-order valence-electron chi connectivity index (χ0n) is 11.9. The Bertz CT molecular complexity index is 721. The third kappa shape index (κ3) is 3.13. The molecule has 108 valence electrons. The minimum Gasteiger partial charge on any atom is -0.486 e. The second-order valence-electron chi connectivity index (χ2n) is 4.74. The molecule has 0 aliphatic carbocycles. The van der Waals surface area contributed by atoms with Gasteiger partial charge in [-0.05, 0) is 17.9 Å². The van der Waals surface area contributed by atoms with Gasteiger partial charge < -0.3 is 10.1 Å². The maximum absolute atomic E-state index is 5.95. The molecule has 5 heteroatoms. The summed E-state index contributed by atoms with van der Waals surface area (Å²) in [6.45, 7) is 3.48. The minimum absolute atomic E-state index is 0.427. The zero-order valence-corrected chi connectivity index (χ0v) is 12.7. The lowest BCUT2D eigenvalue weighted by Gasteiger charge is -2.09. The van der Waals surface area contributed by atoms with Gasteiger partial charge in [0.1, 0.15) is 23.1 Å². The average molecular weight is 299 g/mol. The van der Waals surface area contributed by atoms with E-state index in [1.165, 1.54) is 16.9 Å². The Morgan fingerprint density at radius 1 is 1.14 bits per heavy atom. The highest BCUT2D eigenvalue weighted by molar-refractivity contribution is 7.10. The number of anilines is 1. The number of ether oxygens (including phenoxy) is 1. The van der Waals surface area contributed by atoms with Crippen LogP contribution < -0.4 is 10.1 Å². The van der Waals surface area contributed by atoms with Crippen LogP contribution in [0.3, 0.4) is 0 Å². The van der Waals surface area contributed by atoms with Crippen LogP contribution in [0.4, 0.5) is 5.00 Å². The van der Waals surface area contributed by atoms with Crippen LogP contribution >= 0.6 is 11.5 Å². The molecule has 1 N–H and O–H groups in total. The Balaban J connectivity index is 1.76. The van der Waals surface area contributed by atoms with Crippen LogP contribution in [0.5, 0.6) is 5.75 Å². The quantitative estimate of drug-likeness (QED) is 0.744. The Morgan fingerprint density at radius 3 is 2.90 bits per heavy atom. The van der Waals surface area contributed by atoms with E-state index >= 15 is 0 Å². The number of nitrogens with zero attached hydrogens (tertiary/aromatic N) is 2. The SMILES string of the molecule is CCCNc1snnc1COc1cccc2ccccc12. The molecule has 2 aromatic carbocycles. The maximum Gasteiger partial charge on any atom is 0.136 e.